The molecule has 0 saturated carbocycles. The highest BCUT2D eigenvalue weighted by Gasteiger charge is 2.19. The van der Waals surface area contributed by atoms with E-state index in [1.165, 1.54) is 0 Å². The maximum atomic E-state index is 11.3. The zero-order valence-corrected chi connectivity index (χ0v) is 9.84. The van der Waals surface area contributed by atoms with Gasteiger partial charge in [0.25, 0.3) is 0 Å². The number of anilines is 1. The summed E-state index contributed by atoms with van der Waals surface area (Å²) in [5.41, 5.74) is 4.24. The van der Waals surface area contributed by atoms with E-state index in [4.69, 9.17) is 0 Å². The lowest BCUT2D eigenvalue weighted by molar-refractivity contribution is -0.115. The summed E-state index contributed by atoms with van der Waals surface area (Å²) >= 11 is 0. The summed E-state index contributed by atoms with van der Waals surface area (Å²) in [4.78, 5) is 27.2. The van der Waals surface area contributed by atoms with Gasteiger partial charge >= 0.3 is 0 Å². The van der Waals surface area contributed by atoms with Crippen molar-refractivity contribution in [2.45, 2.75) is 6.42 Å². The van der Waals surface area contributed by atoms with E-state index in [2.05, 4.69) is 25.3 Å². The van der Waals surface area contributed by atoms with Crippen molar-refractivity contribution in [1.29, 1.82) is 0 Å². The lowest BCUT2D eigenvalue weighted by Gasteiger charge is -1.96. The fourth-order valence-electron chi connectivity index (χ4n) is 2.27. The number of aromatic amines is 1. The maximum Gasteiger partial charge on any atom is 0.228 e. The molecule has 1 aromatic carbocycles. The number of H-pyrrole nitrogens is 1. The van der Waals surface area contributed by atoms with Crippen LogP contribution < -0.4 is 5.32 Å². The topological polar surface area (TPSA) is 83.6 Å². The van der Waals surface area contributed by atoms with Crippen LogP contribution in [0.4, 0.5) is 5.69 Å². The number of hydrogen-bond acceptors (Lipinski definition) is 4. The van der Waals surface area contributed by atoms with Gasteiger partial charge in [-0.2, -0.15) is 0 Å². The zero-order chi connectivity index (χ0) is 12.8. The zero-order valence-electron chi connectivity index (χ0n) is 9.84. The highest BCUT2D eigenvalue weighted by atomic mass is 16.1. The van der Waals surface area contributed by atoms with Crippen LogP contribution in [0.3, 0.4) is 0 Å². The molecule has 0 bridgehead atoms. The predicted molar refractivity (Wildman–Crippen MR) is 69.5 cm³/mol. The molecule has 0 fully saturated rings. The average molecular weight is 251 g/mol. The highest BCUT2D eigenvalue weighted by Crippen LogP contribution is 2.28. The third-order valence-corrected chi connectivity index (χ3v) is 3.14. The molecule has 0 atom stereocenters. The Hall–Kier alpha value is -2.76. The Morgan fingerprint density at radius 1 is 1.21 bits per heavy atom. The fourth-order valence-corrected chi connectivity index (χ4v) is 2.27. The molecule has 0 radical (unpaired) electrons. The molecule has 0 unspecified atom stereocenters. The monoisotopic (exact) mass is 251 g/mol. The number of amides is 1. The van der Waals surface area contributed by atoms with Crippen LogP contribution in [0.25, 0.3) is 22.6 Å². The van der Waals surface area contributed by atoms with Crippen molar-refractivity contribution < 1.29 is 4.79 Å². The molecule has 0 spiro atoms. The first-order valence-corrected chi connectivity index (χ1v) is 5.88. The van der Waals surface area contributed by atoms with Crippen LogP contribution >= 0.6 is 0 Å². The molecule has 3 heterocycles. The molecule has 2 aromatic heterocycles. The molecule has 6 heteroatoms. The van der Waals surface area contributed by atoms with Gasteiger partial charge in [0, 0.05) is 18.1 Å². The Balaban J connectivity index is 1.88. The number of nitrogens with zero attached hydrogens (tertiary/aromatic N) is 3. The predicted octanol–water partition coefficient (Wildman–Crippen LogP) is 1.51. The molecule has 2 N–H and O–H groups in total. The molecule has 6 nitrogen and oxygen atoms in total. The first-order valence-electron chi connectivity index (χ1n) is 5.88. The summed E-state index contributed by atoms with van der Waals surface area (Å²) in [6.45, 7) is 0. The molecule has 4 rings (SSSR count). The Kier molecular flexibility index (Phi) is 1.94. The summed E-state index contributed by atoms with van der Waals surface area (Å²) in [5, 5.41) is 2.82. The van der Waals surface area contributed by atoms with Crippen LogP contribution in [0.2, 0.25) is 0 Å². The third kappa shape index (κ3) is 1.57. The molecule has 3 aromatic rings. The van der Waals surface area contributed by atoms with E-state index in [1.54, 1.807) is 18.6 Å². The summed E-state index contributed by atoms with van der Waals surface area (Å²) in [6, 6.07) is 3.83. The Morgan fingerprint density at radius 3 is 3.00 bits per heavy atom. The van der Waals surface area contributed by atoms with E-state index in [9.17, 15) is 4.79 Å². The van der Waals surface area contributed by atoms with Gasteiger partial charge in [-0.05, 0) is 17.7 Å². The maximum absolute atomic E-state index is 11.3. The van der Waals surface area contributed by atoms with Crippen molar-refractivity contribution >= 4 is 22.6 Å². The number of hydrogen-bond donors (Lipinski definition) is 2. The molecule has 1 amide bonds. The SMILES string of the molecule is O=C1Cc2cc3[nH]c(-c4cnccn4)nc3cc2N1. The largest absolute Gasteiger partial charge is 0.337 e. The van der Waals surface area contributed by atoms with Gasteiger partial charge in [0.15, 0.2) is 5.82 Å². The summed E-state index contributed by atoms with van der Waals surface area (Å²) < 4.78 is 0. The van der Waals surface area contributed by atoms with Crippen molar-refractivity contribution in [3.8, 4) is 11.5 Å². The van der Waals surface area contributed by atoms with E-state index in [-0.39, 0.29) is 5.91 Å². The second kappa shape index (κ2) is 3.61. The number of carbonyl (C=O) groups excluding carboxylic acids is 1. The summed E-state index contributed by atoms with van der Waals surface area (Å²) in [6.07, 6.45) is 5.33. The van der Waals surface area contributed by atoms with Gasteiger partial charge in [0.05, 0.1) is 23.7 Å². The van der Waals surface area contributed by atoms with Gasteiger partial charge in [-0.25, -0.2) is 9.97 Å². The molecule has 1 aliphatic rings. The number of carbonyl (C=O) groups is 1. The minimum atomic E-state index is 0.0248. The van der Waals surface area contributed by atoms with Crippen LogP contribution in [0.15, 0.2) is 30.7 Å². The van der Waals surface area contributed by atoms with Crippen LogP contribution in [-0.4, -0.2) is 25.8 Å². The normalized spacial score (nSPS) is 13.6. The molecular weight excluding hydrogens is 242 g/mol. The molecule has 92 valence electrons. The number of fused-ring (bicyclic) bond motifs is 2. The number of imidazole rings is 1. The second-order valence-corrected chi connectivity index (χ2v) is 4.43. The van der Waals surface area contributed by atoms with Crippen molar-refractivity contribution in [2.75, 3.05) is 5.32 Å². The minimum Gasteiger partial charge on any atom is -0.337 e. The van der Waals surface area contributed by atoms with E-state index in [0.717, 1.165) is 22.3 Å². The van der Waals surface area contributed by atoms with Crippen LogP contribution in [0.5, 0.6) is 0 Å². The van der Waals surface area contributed by atoms with E-state index >= 15 is 0 Å². The Morgan fingerprint density at radius 2 is 2.16 bits per heavy atom. The van der Waals surface area contributed by atoms with Crippen molar-refractivity contribution in [1.82, 2.24) is 19.9 Å². The lowest BCUT2D eigenvalue weighted by atomic mass is 10.1. The van der Waals surface area contributed by atoms with Gasteiger partial charge < -0.3 is 10.3 Å². The first-order chi connectivity index (χ1) is 9.29. The number of nitrogens with one attached hydrogen (secondary N) is 2. The third-order valence-electron chi connectivity index (χ3n) is 3.14. The molecule has 0 aliphatic carbocycles. The van der Waals surface area contributed by atoms with Gasteiger partial charge in [-0.15, -0.1) is 0 Å². The highest BCUT2D eigenvalue weighted by molar-refractivity contribution is 6.02. The smallest absolute Gasteiger partial charge is 0.228 e. The number of aromatic nitrogens is 4. The molecule has 19 heavy (non-hydrogen) atoms. The van der Waals surface area contributed by atoms with Gasteiger partial charge in [0.2, 0.25) is 5.91 Å². The van der Waals surface area contributed by atoms with E-state index in [0.29, 0.717) is 17.9 Å². The Labute approximate surface area is 107 Å². The molecule has 0 saturated heterocycles. The van der Waals surface area contributed by atoms with Crippen LogP contribution in [-0.2, 0) is 11.2 Å². The standard InChI is InChI=1S/C13H9N5O/c19-12-4-7-3-9-10(5-8(7)16-12)18-13(17-9)11-6-14-1-2-15-11/h1-3,5-6H,4H2,(H,16,19)(H,17,18). The minimum absolute atomic E-state index is 0.0248. The first kappa shape index (κ1) is 10.2. The average Bonchev–Trinajstić information content (AvgIpc) is 2.98. The lowest BCUT2D eigenvalue weighted by Crippen LogP contribution is -2.03. The van der Waals surface area contributed by atoms with E-state index < -0.39 is 0 Å². The molecular formula is C13H9N5O. The van der Waals surface area contributed by atoms with Gasteiger partial charge in [0.1, 0.15) is 5.69 Å². The summed E-state index contributed by atoms with van der Waals surface area (Å²) in [7, 11) is 0. The quantitative estimate of drug-likeness (QED) is 0.686. The fraction of sp³-hybridized carbons (Fsp3) is 0.0769. The Bertz CT molecular complexity index is 748. The van der Waals surface area contributed by atoms with Crippen LogP contribution in [0.1, 0.15) is 5.56 Å². The number of benzene rings is 1. The van der Waals surface area contributed by atoms with Crippen molar-refractivity contribution in [3.63, 3.8) is 0 Å². The van der Waals surface area contributed by atoms with Crippen molar-refractivity contribution in [2.24, 2.45) is 0 Å². The van der Waals surface area contributed by atoms with Crippen LogP contribution in [0, 0.1) is 0 Å². The summed E-state index contributed by atoms with van der Waals surface area (Å²) in [5.74, 6) is 0.704. The van der Waals surface area contributed by atoms with Gasteiger partial charge in [-0.3, -0.25) is 9.78 Å². The second-order valence-electron chi connectivity index (χ2n) is 4.43. The van der Waals surface area contributed by atoms with E-state index in [1.807, 2.05) is 12.1 Å². The molecule has 1 aliphatic heterocycles. The number of rotatable bonds is 1. The van der Waals surface area contributed by atoms with Gasteiger partial charge in [-0.1, -0.05) is 0 Å². The van der Waals surface area contributed by atoms with Crippen molar-refractivity contribution in [3.05, 3.63) is 36.3 Å².